The van der Waals surface area contributed by atoms with Crippen LogP contribution in [-0.2, 0) is 19.0 Å². The van der Waals surface area contributed by atoms with Crippen molar-refractivity contribution in [3.8, 4) is 0 Å². The van der Waals surface area contributed by atoms with Gasteiger partial charge in [-0.3, -0.25) is 8.32 Å². The molecule has 1 fully saturated rings. The molecule has 1 N–H and O–H groups in total. The van der Waals surface area contributed by atoms with Gasteiger partial charge in [-0.25, -0.2) is 0 Å². The molecule has 7 heteroatoms. The molecule has 0 aliphatic carbocycles. The number of halogens is 1. The van der Waals surface area contributed by atoms with Crippen molar-refractivity contribution in [3.05, 3.63) is 0 Å². The summed E-state index contributed by atoms with van der Waals surface area (Å²) in [6.45, 7) is 6.78. The van der Waals surface area contributed by atoms with Crippen LogP contribution in [0.3, 0.4) is 0 Å². The zero-order chi connectivity index (χ0) is 15.2. The van der Waals surface area contributed by atoms with Crippen molar-refractivity contribution in [2.75, 3.05) is 59.3 Å². The highest BCUT2D eigenvalue weighted by molar-refractivity contribution is 14.1. The van der Waals surface area contributed by atoms with Crippen LogP contribution in [0.2, 0.25) is 0 Å². The lowest BCUT2D eigenvalue weighted by Crippen LogP contribution is -2.32. The molecule has 1 saturated heterocycles. The van der Waals surface area contributed by atoms with Gasteiger partial charge >= 0.3 is 0 Å². The van der Waals surface area contributed by atoms with Gasteiger partial charge in [0.05, 0.1) is 42.7 Å². The minimum atomic E-state index is -0.127. The summed E-state index contributed by atoms with van der Waals surface area (Å²) in [4.78, 5) is 13.3. The third kappa shape index (κ3) is 11.3. The maximum absolute atomic E-state index is 10.9. The molecular formula is C14H27IN2O4. The summed E-state index contributed by atoms with van der Waals surface area (Å²) in [5, 5.41) is 0. The zero-order valence-corrected chi connectivity index (χ0v) is 14.8. The molecule has 1 amide bonds. The minimum absolute atomic E-state index is 0.0892. The molecule has 0 bridgehead atoms. The molecule has 0 unspecified atom stereocenters. The number of likely N-dealkylation sites (tertiary alicyclic amines) is 1. The summed E-state index contributed by atoms with van der Waals surface area (Å²) in [6.07, 6.45) is 4.93. The van der Waals surface area contributed by atoms with Crippen molar-refractivity contribution in [2.45, 2.75) is 25.7 Å². The average Bonchev–Trinajstić information content (AvgIpc) is 2.53. The van der Waals surface area contributed by atoms with Gasteiger partial charge in [0.2, 0.25) is 0 Å². The van der Waals surface area contributed by atoms with Crippen LogP contribution in [0.1, 0.15) is 25.7 Å². The van der Waals surface area contributed by atoms with Crippen LogP contribution >= 0.6 is 22.9 Å². The fourth-order valence-electron chi connectivity index (χ4n) is 2.15. The Morgan fingerprint density at radius 2 is 1.62 bits per heavy atom. The number of nitrogens with zero attached hydrogens (tertiary/aromatic N) is 1. The molecule has 124 valence electrons. The molecule has 0 atom stereocenters. The number of hydrogen-bond acceptors (Lipinski definition) is 5. The number of piperidine rings is 1. The standard InChI is InChI=1S/C14H27IN2O4/c15-16-14(18)13-21-12-11-20-9-4-8-19-10-7-17-5-2-1-3-6-17/h1-13H2,(H,16,18). The van der Waals surface area contributed by atoms with Crippen molar-refractivity contribution >= 4 is 28.8 Å². The van der Waals surface area contributed by atoms with Crippen LogP contribution in [0.15, 0.2) is 0 Å². The van der Waals surface area contributed by atoms with Crippen molar-refractivity contribution in [2.24, 2.45) is 0 Å². The van der Waals surface area contributed by atoms with E-state index in [-0.39, 0.29) is 12.5 Å². The smallest absolute Gasteiger partial charge is 0.254 e. The topological polar surface area (TPSA) is 60.0 Å². The molecule has 0 aromatic heterocycles. The third-order valence-corrected chi connectivity index (χ3v) is 3.89. The van der Waals surface area contributed by atoms with Crippen molar-refractivity contribution in [1.29, 1.82) is 0 Å². The summed E-state index contributed by atoms with van der Waals surface area (Å²) in [5.74, 6) is -0.127. The molecule has 21 heavy (non-hydrogen) atoms. The number of ether oxygens (including phenoxy) is 3. The molecule has 1 rings (SSSR count). The number of rotatable bonds is 12. The third-order valence-electron chi connectivity index (χ3n) is 3.29. The highest BCUT2D eigenvalue weighted by Gasteiger charge is 2.08. The van der Waals surface area contributed by atoms with Gasteiger partial charge in [-0.2, -0.15) is 0 Å². The van der Waals surface area contributed by atoms with Crippen molar-refractivity contribution in [1.82, 2.24) is 8.43 Å². The van der Waals surface area contributed by atoms with E-state index < -0.39 is 0 Å². The first-order valence-corrected chi connectivity index (χ1v) is 8.76. The highest BCUT2D eigenvalue weighted by atomic mass is 127. The zero-order valence-electron chi connectivity index (χ0n) is 12.7. The maximum atomic E-state index is 10.9. The van der Waals surface area contributed by atoms with Gasteiger partial charge in [-0.1, -0.05) is 6.42 Å². The van der Waals surface area contributed by atoms with Crippen molar-refractivity contribution in [3.63, 3.8) is 0 Å². The Morgan fingerprint density at radius 1 is 0.952 bits per heavy atom. The predicted octanol–water partition coefficient (Wildman–Crippen LogP) is 1.38. The normalized spacial score (nSPS) is 16.0. The molecule has 0 aromatic rings. The van der Waals surface area contributed by atoms with Gasteiger partial charge in [0.25, 0.3) is 5.91 Å². The van der Waals surface area contributed by atoms with Crippen molar-refractivity contribution < 1.29 is 19.0 Å². The Balaban J connectivity index is 1.73. The van der Waals surface area contributed by atoms with Crippen LogP contribution in [0, 0.1) is 0 Å². The van der Waals surface area contributed by atoms with E-state index in [2.05, 4.69) is 8.43 Å². The lowest BCUT2D eigenvalue weighted by atomic mass is 10.1. The van der Waals surface area contributed by atoms with Crippen LogP contribution in [-0.4, -0.2) is 70.1 Å². The fourth-order valence-corrected chi connectivity index (χ4v) is 2.31. The Labute approximate surface area is 141 Å². The van der Waals surface area contributed by atoms with Gasteiger partial charge in [-0.15, -0.1) is 0 Å². The van der Waals surface area contributed by atoms with Gasteiger partial charge in [0.15, 0.2) is 0 Å². The van der Waals surface area contributed by atoms with Gasteiger partial charge in [0.1, 0.15) is 6.61 Å². The molecular weight excluding hydrogens is 387 g/mol. The monoisotopic (exact) mass is 414 g/mol. The average molecular weight is 414 g/mol. The second-order valence-corrected chi connectivity index (χ2v) is 5.59. The second kappa shape index (κ2) is 13.7. The summed E-state index contributed by atoms with van der Waals surface area (Å²) < 4.78 is 18.6. The Morgan fingerprint density at radius 3 is 2.33 bits per heavy atom. The Bertz CT molecular complexity index is 263. The maximum Gasteiger partial charge on any atom is 0.254 e. The van der Waals surface area contributed by atoms with Gasteiger partial charge in [-0.05, 0) is 32.4 Å². The number of nitrogens with one attached hydrogen (secondary N) is 1. The first-order valence-electron chi connectivity index (χ1n) is 7.68. The van der Waals surface area contributed by atoms with E-state index in [4.69, 9.17) is 14.2 Å². The number of amides is 1. The van der Waals surface area contributed by atoms with E-state index in [1.807, 2.05) is 0 Å². The molecule has 0 aromatic carbocycles. The van der Waals surface area contributed by atoms with Gasteiger partial charge < -0.3 is 19.1 Å². The van der Waals surface area contributed by atoms with E-state index in [1.165, 1.54) is 32.4 Å². The number of hydrogen-bond donors (Lipinski definition) is 1. The summed E-state index contributed by atoms with van der Waals surface area (Å²) >= 11 is 1.79. The van der Waals surface area contributed by atoms with Crippen LogP contribution < -0.4 is 3.53 Å². The van der Waals surface area contributed by atoms with Crippen LogP contribution in [0.25, 0.3) is 0 Å². The summed E-state index contributed by atoms with van der Waals surface area (Å²) in [7, 11) is 0. The predicted molar refractivity (Wildman–Crippen MR) is 89.5 cm³/mol. The van der Waals surface area contributed by atoms with E-state index in [0.717, 1.165) is 26.2 Å². The highest BCUT2D eigenvalue weighted by Crippen LogP contribution is 2.07. The fraction of sp³-hybridized carbons (Fsp3) is 0.929. The van der Waals surface area contributed by atoms with E-state index >= 15 is 0 Å². The molecule has 0 spiro atoms. The second-order valence-electron chi connectivity index (χ2n) is 5.05. The van der Waals surface area contributed by atoms with Crippen LogP contribution in [0.4, 0.5) is 0 Å². The number of carbonyl (C=O) groups is 1. The Hall–Kier alpha value is 0.0400. The molecule has 1 aliphatic heterocycles. The first kappa shape index (κ1) is 19.1. The lowest BCUT2D eigenvalue weighted by Gasteiger charge is -2.26. The molecule has 0 radical (unpaired) electrons. The SMILES string of the molecule is O=C(COCCOCCCOCCN1CCCCC1)NI. The van der Waals surface area contributed by atoms with E-state index in [1.54, 1.807) is 22.9 Å². The first-order chi connectivity index (χ1) is 10.3. The Kier molecular flexibility index (Phi) is 12.4. The lowest BCUT2D eigenvalue weighted by molar-refractivity contribution is -0.123. The van der Waals surface area contributed by atoms with Crippen LogP contribution in [0.5, 0.6) is 0 Å². The quantitative estimate of drug-likeness (QED) is 0.297. The van der Waals surface area contributed by atoms with E-state index in [0.29, 0.717) is 19.8 Å². The molecule has 1 aliphatic rings. The molecule has 0 saturated carbocycles. The number of carbonyl (C=O) groups excluding carboxylic acids is 1. The van der Waals surface area contributed by atoms with Gasteiger partial charge in [0, 0.05) is 19.8 Å². The molecule has 6 nitrogen and oxygen atoms in total. The largest absolute Gasteiger partial charge is 0.380 e. The minimum Gasteiger partial charge on any atom is -0.380 e. The van der Waals surface area contributed by atoms with E-state index in [9.17, 15) is 4.79 Å². The summed E-state index contributed by atoms with van der Waals surface area (Å²) in [6, 6.07) is 0. The molecule has 1 heterocycles. The summed E-state index contributed by atoms with van der Waals surface area (Å²) in [5.41, 5.74) is 0.